The van der Waals surface area contributed by atoms with E-state index in [1.807, 2.05) is 29.1 Å². The van der Waals surface area contributed by atoms with Gasteiger partial charge in [0.2, 0.25) is 10.0 Å². The molecule has 2 aromatic heterocycles. The molecule has 2 aromatic rings. The highest BCUT2D eigenvalue weighted by Crippen LogP contribution is 2.21. The normalized spacial score (nSPS) is 18.5. The van der Waals surface area contributed by atoms with Crippen molar-refractivity contribution in [2.24, 2.45) is 13.0 Å². The summed E-state index contributed by atoms with van der Waals surface area (Å²) in [6, 6.07) is 3.80. The van der Waals surface area contributed by atoms with Crippen molar-refractivity contribution in [1.82, 2.24) is 24.0 Å². The summed E-state index contributed by atoms with van der Waals surface area (Å²) in [5.74, 6) is 0.784. The van der Waals surface area contributed by atoms with Gasteiger partial charge < -0.3 is 9.47 Å². The molecule has 1 N–H and O–H groups in total. The first-order chi connectivity index (χ1) is 11.8. The first-order valence-corrected chi connectivity index (χ1v) is 10.1. The summed E-state index contributed by atoms with van der Waals surface area (Å²) in [6.45, 7) is 1.58. The van der Waals surface area contributed by atoms with Crippen LogP contribution in [0.2, 0.25) is 0 Å². The predicted octanol–water partition coefficient (Wildman–Crippen LogP) is 0.612. The van der Waals surface area contributed by atoms with Crippen LogP contribution in [0, 0.1) is 5.92 Å². The van der Waals surface area contributed by atoms with Gasteiger partial charge in [-0.25, -0.2) is 13.1 Å². The molecule has 0 radical (unpaired) electrons. The van der Waals surface area contributed by atoms with Crippen molar-refractivity contribution >= 4 is 15.9 Å². The molecule has 0 aromatic carbocycles. The molecule has 1 aliphatic rings. The maximum atomic E-state index is 13.0. The maximum Gasteiger partial charge on any atom is 0.259 e. The summed E-state index contributed by atoms with van der Waals surface area (Å²) in [4.78, 5) is 14.8. The molecule has 1 atom stereocenters. The Bertz CT molecular complexity index is 841. The number of hydrogen-bond donors (Lipinski definition) is 1. The second-order valence-electron chi connectivity index (χ2n) is 6.48. The zero-order valence-electron chi connectivity index (χ0n) is 14.4. The third-order valence-electron chi connectivity index (χ3n) is 4.43. The molecule has 0 saturated carbocycles. The van der Waals surface area contributed by atoms with Gasteiger partial charge in [0.25, 0.3) is 5.91 Å². The number of carbonyl (C=O) groups excluding carboxylic acids is 1. The van der Waals surface area contributed by atoms with Crippen LogP contribution in [-0.4, -0.2) is 59.5 Å². The SMILES string of the molecule is Cn1ncc(C(=O)N2CCC[C@@H](CNS(C)(=O)=O)C2)c1-n1cccc1. The van der Waals surface area contributed by atoms with Gasteiger partial charge in [-0.15, -0.1) is 0 Å². The van der Waals surface area contributed by atoms with Crippen LogP contribution in [0.4, 0.5) is 0 Å². The lowest BCUT2D eigenvalue weighted by atomic mass is 9.98. The molecule has 3 heterocycles. The number of amides is 1. The molecular weight excluding hydrogens is 342 g/mol. The molecule has 1 aliphatic heterocycles. The molecule has 25 heavy (non-hydrogen) atoms. The average Bonchev–Trinajstić information content (AvgIpc) is 3.21. The number of sulfonamides is 1. The number of hydrogen-bond acceptors (Lipinski definition) is 4. The van der Waals surface area contributed by atoms with Crippen molar-refractivity contribution in [3.05, 3.63) is 36.3 Å². The molecule has 1 saturated heterocycles. The quantitative estimate of drug-likeness (QED) is 0.841. The van der Waals surface area contributed by atoms with E-state index in [1.165, 1.54) is 0 Å². The lowest BCUT2D eigenvalue weighted by molar-refractivity contribution is 0.0676. The van der Waals surface area contributed by atoms with Crippen molar-refractivity contribution in [1.29, 1.82) is 0 Å². The summed E-state index contributed by atoms with van der Waals surface area (Å²) < 4.78 is 28.7. The molecule has 1 amide bonds. The number of nitrogens with zero attached hydrogens (tertiary/aromatic N) is 4. The smallest absolute Gasteiger partial charge is 0.259 e. The zero-order chi connectivity index (χ0) is 18.0. The summed E-state index contributed by atoms with van der Waals surface area (Å²) >= 11 is 0. The van der Waals surface area contributed by atoms with E-state index in [2.05, 4.69) is 9.82 Å². The second-order valence-corrected chi connectivity index (χ2v) is 8.31. The average molecular weight is 365 g/mol. The number of rotatable bonds is 5. The molecule has 9 heteroatoms. The van der Waals surface area contributed by atoms with Crippen LogP contribution >= 0.6 is 0 Å². The second kappa shape index (κ2) is 7.01. The Balaban J connectivity index is 1.75. The van der Waals surface area contributed by atoms with Crippen LogP contribution in [0.5, 0.6) is 0 Å². The van der Waals surface area contributed by atoms with Crippen molar-refractivity contribution in [3.8, 4) is 5.82 Å². The first kappa shape index (κ1) is 17.7. The molecule has 8 nitrogen and oxygen atoms in total. The fourth-order valence-electron chi connectivity index (χ4n) is 3.22. The van der Waals surface area contributed by atoms with Crippen molar-refractivity contribution in [2.75, 3.05) is 25.9 Å². The molecule has 0 bridgehead atoms. The van der Waals surface area contributed by atoms with E-state index in [1.54, 1.807) is 22.8 Å². The maximum absolute atomic E-state index is 13.0. The topological polar surface area (TPSA) is 89.2 Å². The Kier molecular flexibility index (Phi) is 4.96. The van der Waals surface area contributed by atoms with E-state index in [-0.39, 0.29) is 11.8 Å². The number of carbonyl (C=O) groups is 1. The lowest BCUT2D eigenvalue weighted by Gasteiger charge is -2.32. The third kappa shape index (κ3) is 4.10. The van der Waals surface area contributed by atoms with Crippen LogP contribution < -0.4 is 4.72 Å². The fraction of sp³-hybridized carbons (Fsp3) is 0.500. The van der Waals surface area contributed by atoms with Gasteiger partial charge in [-0.3, -0.25) is 9.48 Å². The summed E-state index contributed by atoms with van der Waals surface area (Å²) in [5, 5.41) is 4.23. The largest absolute Gasteiger partial charge is 0.338 e. The van der Waals surface area contributed by atoms with Crippen molar-refractivity contribution in [2.45, 2.75) is 12.8 Å². The Morgan fingerprint density at radius 2 is 2.08 bits per heavy atom. The Morgan fingerprint density at radius 3 is 2.76 bits per heavy atom. The highest BCUT2D eigenvalue weighted by atomic mass is 32.2. The highest BCUT2D eigenvalue weighted by molar-refractivity contribution is 7.88. The standard InChI is InChI=1S/C16H23N5O3S/c1-19-15(20-7-3-4-8-20)14(11-17-19)16(22)21-9-5-6-13(12-21)10-18-25(2,23)24/h3-4,7-8,11,13,18H,5-6,9-10,12H2,1-2H3/t13-/m0/s1. The van der Waals surface area contributed by atoms with E-state index in [0.29, 0.717) is 25.2 Å². The Hall–Kier alpha value is -2.13. The molecule has 3 rings (SSSR count). The lowest BCUT2D eigenvalue weighted by Crippen LogP contribution is -2.43. The fourth-order valence-corrected chi connectivity index (χ4v) is 3.76. The number of aromatic nitrogens is 3. The van der Waals surface area contributed by atoms with Gasteiger partial charge in [0, 0.05) is 39.1 Å². The van der Waals surface area contributed by atoms with Gasteiger partial charge in [-0.1, -0.05) is 0 Å². The van der Waals surface area contributed by atoms with Crippen LogP contribution in [-0.2, 0) is 17.1 Å². The van der Waals surface area contributed by atoms with Crippen LogP contribution in [0.1, 0.15) is 23.2 Å². The minimum Gasteiger partial charge on any atom is -0.338 e. The van der Waals surface area contributed by atoms with Gasteiger partial charge in [0.15, 0.2) is 0 Å². The highest BCUT2D eigenvalue weighted by Gasteiger charge is 2.28. The van der Waals surface area contributed by atoms with Crippen molar-refractivity contribution in [3.63, 3.8) is 0 Å². The van der Waals surface area contributed by atoms with E-state index in [9.17, 15) is 13.2 Å². The Labute approximate surface area is 147 Å². The number of aryl methyl sites for hydroxylation is 1. The molecule has 136 valence electrons. The Morgan fingerprint density at radius 1 is 1.36 bits per heavy atom. The molecular formula is C16H23N5O3S. The molecule has 0 aliphatic carbocycles. The van der Waals surface area contributed by atoms with Gasteiger partial charge in [0.05, 0.1) is 12.5 Å². The van der Waals surface area contributed by atoms with Crippen LogP contribution in [0.25, 0.3) is 5.82 Å². The van der Waals surface area contributed by atoms with Gasteiger partial charge in [-0.2, -0.15) is 5.10 Å². The van der Waals surface area contributed by atoms with Crippen LogP contribution in [0.15, 0.2) is 30.7 Å². The molecule has 1 fully saturated rings. The van der Waals surface area contributed by atoms with Crippen LogP contribution in [0.3, 0.4) is 0 Å². The minimum absolute atomic E-state index is 0.0687. The molecule has 0 spiro atoms. The third-order valence-corrected chi connectivity index (χ3v) is 5.12. The predicted molar refractivity (Wildman–Crippen MR) is 94.0 cm³/mol. The first-order valence-electron chi connectivity index (χ1n) is 8.24. The van der Waals surface area contributed by atoms with Gasteiger partial charge in [-0.05, 0) is 30.9 Å². The number of nitrogens with one attached hydrogen (secondary N) is 1. The van der Waals surface area contributed by atoms with E-state index in [0.717, 1.165) is 24.9 Å². The monoisotopic (exact) mass is 365 g/mol. The number of likely N-dealkylation sites (tertiary alicyclic amines) is 1. The summed E-state index contributed by atoms with van der Waals surface area (Å²) in [6.07, 6.45) is 8.27. The summed E-state index contributed by atoms with van der Waals surface area (Å²) in [7, 11) is -1.41. The van der Waals surface area contributed by atoms with Gasteiger partial charge in [0.1, 0.15) is 11.4 Å². The molecule has 0 unspecified atom stereocenters. The minimum atomic E-state index is -3.22. The van der Waals surface area contributed by atoms with Gasteiger partial charge >= 0.3 is 0 Å². The van der Waals surface area contributed by atoms with Crippen molar-refractivity contribution < 1.29 is 13.2 Å². The zero-order valence-corrected chi connectivity index (χ0v) is 15.2. The number of piperidine rings is 1. The van der Waals surface area contributed by atoms with E-state index >= 15 is 0 Å². The van der Waals surface area contributed by atoms with E-state index < -0.39 is 10.0 Å². The summed E-state index contributed by atoms with van der Waals surface area (Å²) in [5.41, 5.74) is 0.551. The van der Waals surface area contributed by atoms with E-state index in [4.69, 9.17) is 0 Å².